The Labute approximate surface area is 183 Å². The number of carbonyl (C=O) groups is 2. The fourth-order valence-corrected chi connectivity index (χ4v) is 5.17. The van der Waals surface area contributed by atoms with Crippen molar-refractivity contribution in [3.8, 4) is 0 Å². The van der Waals surface area contributed by atoms with Crippen molar-refractivity contribution in [2.45, 2.75) is 40.7 Å². The molecule has 164 valence electrons. The fraction of sp³-hybridized carbons (Fsp3) is 0.333. The van der Waals surface area contributed by atoms with E-state index in [9.17, 15) is 18.0 Å². The van der Waals surface area contributed by atoms with E-state index in [1.165, 1.54) is 11.0 Å². The molecule has 1 aliphatic rings. The first-order chi connectivity index (χ1) is 14.5. The van der Waals surface area contributed by atoms with Crippen molar-refractivity contribution < 1.29 is 22.7 Å². The number of hydrogen-bond acceptors (Lipinski definition) is 5. The molecule has 0 fully saturated rings. The lowest BCUT2D eigenvalue weighted by Gasteiger charge is -2.27. The largest absolute Gasteiger partial charge is 0.452 e. The number of sulfone groups is 1. The van der Waals surface area contributed by atoms with E-state index in [1.54, 1.807) is 30.3 Å². The van der Waals surface area contributed by atoms with Crippen molar-refractivity contribution in [2.75, 3.05) is 17.3 Å². The predicted octanol–water partition coefficient (Wildman–Crippen LogP) is 3.73. The van der Waals surface area contributed by atoms with E-state index in [1.807, 2.05) is 34.6 Å². The number of esters is 1. The summed E-state index contributed by atoms with van der Waals surface area (Å²) in [6, 6.07) is 8.13. The molecule has 0 radical (unpaired) electrons. The van der Waals surface area contributed by atoms with Gasteiger partial charge < -0.3 is 9.64 Å². The Morgan fingerprint density at radius 3 is 2.00 bits per heavy atom. The minimum Gasteiger partial charge on any atom is -0.452 e. The summed E-state index contributed by atoms with van der Waals surface area (Å²) in [6.45, 7) is 9.20. The van der Waals surface area contributed by atoms with Gasteiger partial charge in [0.1, 0.15) is 0 Å². The van der Waals surface area contributed by atoms with Crippen LogP contribution in [0.15, 0.2) is 41.8 Å². The van der Waals surface area contributed by atoms with E-state index >= 15 is 0 Å². The molecule has 31 heavy (non-hydrogen) atoms. The second-order valence-corrected chi connectivity index (χ2v) is 9.83. The zero-order valence-electron chi connectivity index (χ0n) is 18.4. The Morgan fingerprint density at radius 1 is 0.935 bits per heavy atom. The molecule has 2 aromatic carbocycles. The number of rotatable bonds is 5. The van der Waals surface area contributed by atoms with Gasteiger partial charge in [-0.3, -0.25) is 4.79 Å². The molecule has 1 unspecified atom stereocenters. The highest BCUT2D eigenvalue weighted by Crippen LogP contribution is 2.27. The van der Waals surface area contributed by atoms with Crippen molar-refractivity contribution in [2.24, 2.45) is 0 Å². The highest BCUT2D eigenvalue weighted by atomic mass is 32.2. The second kappa shape index (κ2) is 8.67. The highest BCUT2D eigenvalue weighted by Gasteiger charge is 2.32. The monoisotopic (exact) mass is 441 g/mol. The summed E-state index contributed by atoms with van der Waals surface area (Å²) < 4.78 is 29.2. The summed E-state index contributed by atoms with van der Waals surface area (Å²) in [5.74, 6) is -1.24. The average molecular weight is 442 g/mol. The molecule has 1 aliphatic heterocycles. The molecule has 0 saturated heterocycles. The normalized spacial score (nSPS) is 16.9. The van der Waals surface area contributed by atoms with Crippen LogP contribution in [0.25, 0.3) is 0 Å². The fourth-order valence-electron chi connectivity index (χ4n) is 3.90. The van der Waals surface area contributed by atoms with Gasteiger partial charge in [-0.05, 0) is 80.6 Å². The van der Waals surface area contributed by atoms with E-state index in [4.69, 9.17) is 4.74 Å². The maximum atomic E-state index is 13.1. The Kier molecular flexibility index (Phi) is 6.36. The SMILES string of the molecule is Cc1c(C)c(C)c(C(=O)OCC(=O)N(c2ccccc2)C2C=CS(=O)(=O)C2)c(C)c1C. The summed E-state index contributed by atoms with van der Waals surface area (Å²) in [6.07, 6.45) is 1.49. The van der Waals surface area contributed by atoms with Gasteiger partial charge >= 0.3 is 5.97 Å². The van der Waals surface area contributed by atoms with E-state index < -0.39 is 34.4 Å². The lowest BCUT2D eigenvalue weighted by molar-refractivity contribution is -0.121. The standard InChI is InChI=1S/C24H27NO5S/c1-15-16(2)18(4)23(19(5)17(15)3)24(27)30-13-22(26)25(20-9-7-6-8-10-20)21-11-12-31(28,29)14-21/h6-12,21H,13-14H2,1-5H3. The quantitative estimate of drug-likeness (QED) is 0.661. The number of para-hydroxylation sites is 1. The van der Waals surface area contributed by atoms with Crippen LogP contribution >= 0.6 is 0 Å². The summed E-state index contributed by atoms with van der Waals surface area (Å²) >= 11 is 0. The summed E-state index contributed by atoms with van der Waals surface area (Å²) in [7, 11) is -3.36. The molecular weight excluding hydrogens is 414 g/mol. The molecule has 1 atom stereocenters. The first-order valence-corrected chi connectivity index (χ1v) is 11.8. The molecule has 7 heteroatoms. The smallest absolute Gasteiger partial charge is 0.339 e. The number of anilines is 1. The maximum absolute atomic E-state index is 13.1. The molecule has 6 nitrogen and oxygen atoms in total. The van der Waals surface area contributed by atoms with Crippen molar-refractivity contribution in [1.82, 2.24) is 0 Å². The summed E-state index contributed by atoms with van der Waals surface area (Å²) in [5, 5.41) is 1.12. The Hall–Kier alpha value is -2.93. The van der Waals surface area contributed by atoms with Gasteiger partial charge in [0.05, 0.1) is 17.4 Å². The maximum Gasteiger partial charge on any atom is 0.339 e. The van der Waals surface area contributed by atoms with Gasteiger partial charge in [-0.25, -0.2) is 13.2 Å². The molecule has 3 rings (SSSR count). The van der Waals surface area contributed by atoms with Crippen LogP contribution in [-0.2, 0) is 19.4 Å². The van der Waals surface area contributed by atoms with Crippen molar-refractivity contribution in [3.05, 3.63) is 75.2 Å². The van der Waals surface area contributed by atoms with Crippen LogP contribution in [0.3, 0.4) is 0 Å². The third kappa shape index (κ3) is 4.56. The van der Waals surface area contributed by atoms with Crippen LogP contribution in [-0.4, -0.2) is 38.7 Å². The third-order valence-electron chi connectivity index (χ3n) is 6.08. The zero-order chi connectivity index (χ0) is 22.9. The molecule has 1 amide bonds. The van der Waals surface area contributed by atoms with Crippen molar-refractivity contribution in [1.29, 1.82) is 0 Å². The summed E-state index contributed by atoms with van der Waals surface area (Å²) in [4.78, 5) is 27.3. The number of ether oxygens (including phenoxy) is 1. The van der Waals surface area contributed by atoms with E-state index in [0.29, 0.717) is 11.3 Å². The molecule has 2 aromatic rings. The molecule has 0 aromatic heterocycles. The number of carbonyl (C=O) groups excluding carboxylic acids is 2. The number of nitrogens with zero attached hydrogens (tertiary/aromatic N) is 1. The van der Waals surface area contributed by atoms with Gasteiger partial charge in [0.25, 0.3) is 5.91 Å². The second-order valence-electron chi connectivity index (χ2n) is 7.90. The molecule has 0 saturated carbocycles. The Bertz CT molecular complexity index is 1140. The molecule has 0 aliphatic carbocycles. The molecule has 0 N–H and O–H groups in total. The highest BCUT2D eigenvalue weighted by molar-refractivity contribution is 7.94. The lowest BCUT2D eigenvalue weighted by atomic mass is 9.90. The molecule has 1 heterocycles. The third-order valence-corrected chi connectivity index (χ3v) is 7.45. The first kappa shape index (κ1) is 22.7. The van der Waals surface area contributed by atoms with Crippen LogP contribution in [0, 0.1) is 34.6 Å². The Morgan fingerprint density at radius 2 is 1.48 bits per heavy atom. The summed E-state index contributed by atoms with van der Waals surface area (Å²) in [5.41, 5.74) is 5.87. The van der Waals surface area contributed by atoms with Crippen molar-refractivity contribution >= 4 is 27.4 Å². The molecule has 0 spiro atoms. The molecule has 0 bridgehead atoms. The van der Waals surface area contributed by atoms with Gasteiger partial charge in [-0.15, -0.1) is 0 Å². The minimum atomic E-state index is -3.36. The average Bonchev–Trinajstić information content (AvgIpc) is 3.09. The lowest BCUT2D eigenvalue weighted by Crippen LogP contribution is -2.43. The van der Waals surface area contributed by atoms with Crippen molar-refractivity contribution in [3.63, 3.8) is 0 Å². The first-order valence-electron chi connectivity index (χ1n) is 10.1. The van der Waals surface area contributed by atoms with Crippen LogP contribution in [0.1, 0.15) is 38.2 Å². The topological polar surface area (TPSA) is 80.8 Å². The zero-order valence-corrected chi connectivity index (χ0v) is 19.2. The van der Waals surface area contributed by atoms with Gasteiger partial charge in [-0.2, -0.15) is 0 Å². The Balaban J connectivity index is 1.84. The van der Waals surface area contributed by atoms with Crippen LogP contribution in [0.4, 0.5) is 5.69 Å². The number of benzene rings is 2. The predicted molar refractivity (Wildman–Crippen MR) is 121 cm³/mol. The van der Waals surface area contributed by atoms with Gasteiger partial charge in [0.2, 0.25) is 0 Å². The van der Waals surface area contributed by atoms with Gasteiger partial charge in [-0.1, -0.05) is 18.2 Å². The minimum absolute atomic E-state index is 0.198. The van der Waals surface area contributed by atoms with Gasteiger partial charge in [0, 0.05) is 11.1 Å². The van der Waals surface area contributed by atoms with E-state index in [2.05, 4.69) is 0 Å². The van der Waals surface area contributed by atoms with Crippen LogP contribution in [0.2, 0.25) is 0 Å². The number of hydrogen-bond donors (Lipinski definition) is 0. The van der Waals surface area contributed by atoms with Gasteiger partial charge in [0.15, 0.2) is 16.4 Å². The van der Waals surface area contributed by atoms with E-state index in [-0.39, 0.29) is 5.75 Å². The number of amides is 1. The van der Waals surface area contributed by atoms with E-state index in [0.717, 1.165) is 33.2 Å². The van der Waals surface area contributed by atoms with Crippen LogP contribution < -0.4 is 4.90 Å². The van der Waals surface area contributed by atoms with Crippen LogP contribution in [0.5, 0.6) is 0 Å². The molecular formula is C24H27NO5S.